The Bertz CT molecular complexity index is 4000. The van der Waals surface area contributed by atoms with Gasteiger partial charge in [0.2, 0.25) is 10.9 Å². The summed E-state index contributed by atoms with van der Waals surface area (Å²) in [6, 6.07) is 24.6. The Hall–Kier alpha value is -8.17. The Morgan fingerprint density at radius 1 is 0.688 bits per heavy atom. The zero-order chi connectivity index (χ0) is 55.5. The number of azo groups is 2. The molecule has 0 saturated carbocycles. The van der Waals surface area contributed by atoms with Crippen molar-refractivity contribution in [3.05, 3.63) is 163 Å². The van der Waals surface area contributed by atoms with Gasteiger partial charge >= 0.3 is 0 Å². The van der Waals surface area contributed by atoms with E-state index in [1.165, 1.54) is 97.1 Å². The number of rotatable bonds is 23. The molecule has 0 spiro atoms. The van der Waals surface area contributed by atoms with Gasteiger partial charge in [-0.05, 0) is 115 Å². The van der Waals surface area contributed by atoms with Gasteiger partial charge < -0.3 is 10.8 Å². The average Bonchev–Trinajstić information content (AvgIpc) is 3.45. The molecule has 35 heteroatoms. The smallest absolute Gasteiger partial charge is 0.296 e. The van der Waals surface area contributed by atoms with Crippen molar-refractivity contribution in [2.24, 2.45) is 30.7 Å². The standard InChI is InChI=1S/C42H33N11O19S5/c43-37-36-23(21-34(73-71-69-59)39(42(36)56)50-46-26-7-13-30(14-8-26)75(61,62)20-19-68-74-72-70-60)22-35(77(65,66)67)40(37)51-47-27-9-15-31(16-10-27)76(63,64)52-28-3-1-24(2-4-28)45-49-38-33(54)18-17-32(41(38)55)48-44-25-5-11-29(12-6-25)53(57)58/h1-18,21-22,44-45,52,56,59-60H,19-20,43H2,(H,65,66,67). The largest absolute Gasteiger partial charge is 0.505 e. The van der Waals surface area contributed by atoms with Crippen LogP contribution in [0, 0.1) is 10.1 Å². The van der Waals surface area contributed by atoms with Crippen molar-refractivity contribution in [2.45, 2.75) is 19.6 Å². The van der Waals surface area contributed by atoms with E-state index in [1.807, 2.05) is 0 Å². The van der Waals surface area contributed by atoms with Crippen LogP contribution in [0.25, 0.3) is 10.8 Å². The summed E-state index contributed by atoms with van der Waals surface area (Å²) in [4.78, 5) is 34.4. The lowest BCUT2D eigenvalue weighted by atomic mass is 10.1. The normalized spacial score (nSPS) is 12.7. The molecular formula is C42H33N11O19S5. The highest BCUT2D eigenvalue weighted by Crippen LogP contribution is 2.49. The number of non-ortho nitro benzene ring substituents is 1. The fourth-order valence-electron chi connectivity index (χ4n) is 6.44. The van der Waals surface area contributed by atoms with Gasteiger partial charge in [-0.2, -0.15) is 28.8 Å². The lowest BCUT2D eigenvalue weighted by molar-refractivity contribution is -0.434. The molecule has 0 radical (unpaired) electrons. The minimum atomic E-state index is -5.14. The fraction of sp³-hybridized carbons (Fsp3) is 0.0476. The third-order valence-electron chi connectivity index (χ3n) is 10.1. The number of nitro benzene ring substituents is 1. The van der Waals surface area contributed by atoms with E-state index in [2.05, 4.69) is 65.0 Å². The Labute approximate surface area is 439 Å². The van der Waals surface area contributed by atoms with Crippen LogP contribution >= 0.6 is 24.4 Å². The van der Waals surface area contributed by atoms with Crippen LogP contribution in [0.3, 0.4) is 0 Å². The van der Waals surface area contributed by atoms with Gasteiger partial charge in [0.05, 0.1) is 77.8 Å². The van der Waals surface area contributed by atoms with Crippen LogP contribution in [-0.4, -0.2) is 62.7 Å². The van der Waals surface area contributed by atoms with Crippen LogP contribution in [0.2, 0.25) is 0 Å². The Balaban J connectivity index is 1.07. The predicted molar refractivity (Wildman–Crippen MR) is 272 cm³/mol. The summed E-state index contributed by atoms with van der Waals surface area (Å²) < 4.78 is 103. The predicted octanol–water partition coefficient (Wildman–Crippen LogP) is 6.57. The molecule has 0 aliphatic rings. The number of nitro groups is 1. The summed E-state index contributed by atoms with van der Waals surface area (Å²) in [7, 11) is -13.3. The van der Waals surface area contributed by atoms with E-state index in [4.69, 9.17) is 20.4 Å². The molecule has 7 aromatic rings. The minimum absolute atomic E-state index is 0.0492. The molecule has 400 valence electrons. The summed E-state index contributed by atoms with van der Waals surface area (Å²) in [5.41, 5.74) is 8.82. The SMILES string of the molecule is Nc1c(N=Nc2ccc(S(=O)(=O)Nc3ccc(NN=c4c(=O)ccc(=NNc5ccc([N+](=O)[O-])cc5)c4=O)cc3)cc2)c(S(=O)(=O)O)cc2cc(SOOO)c(N=Nc3ccc(S(=O)(=O)CCOSOOO)cc3)c(O)c12. The lowest BCUT2D eigenvalue weighted by Gasteiger charge is -2.14. The maximum Gasteiger partial charge on any atom is 0.296 e. The van der Waals surface area contributed by atoms with Crippen LogP contribution in [-0.2, 0) is 52.9 Å². The van der Waals surface area contributed by atoms with Gasteiger partial charge in [-0.25, -0.2) is 27.4 Å². The number of phenols is 1. The number of benzene rings is 7. The quantitative estimate of drug-likeness (QED) is 0.00490. The molecular weight excluding hydrogens is 1120 g/mol. The molecule has 0 heterocycles. The molecule has 0 saturated heterocycles. The third kappa shape index (κ3) is 14.2. The first-order valence-corrected chi connectivity index (χ1v) is 26.8. The van der Waals surface area contributed by atoms with Crippen LogP contribution in [0.15, 0.2) is 181 Å². The van der Waals surface area contributed by atoms with E-state index in [0.29, 0.717) is 5.69 Å². The maximum absolute atomic E-state index is 13.4. The van der Waals surface area contributed by atoms with E-state index >= 15 is 0 Å². The van der Waals surface area contributed by atoms with Crippen molar-refractivity contribution in [3.8, 4) is 5.75 Å². The van der Waals surface area contributed by atoms with Gasteiger partial charge in [-0.3, -0.25) is 44.0 Å². The molecule has 30 nitrogen and oxygen atoms in total. The second-order valence-electron chi connectivity index (χ2n) is 14.9. The second kappa shape index (κ2) is 24.7. The number of nitrogen functional groups attached to an aromatic ring is 1. The zero-order valence-electron chi connectivity index (χ0n) is 38.1. The van der Waals surface area contributed by atoms with Gasteiger partial charge in [-0.1, -0.05) is 10.1 Å². The highest BCUT2D eigenvalue weighted by molar-refractivity contribution is 7.94. The molecule has 77 heavy (non-hydrogen) atoms. The summed E-state index contributed by atoms with van der Waals surface area (Å²) in [6.07, 6.45) is 0. The third-order valence-corrected chi connectivity index (χ3v) is 15.0. The van der Waals surface area contributed by atoms with E-state index in [-0.39, 0.29) is 90.2 Å². The number of hydrogen-bond acceptors (Lipinski definition) is 29. The number of nitrogens with zero attached hydrogens (tertiary/aromatic N) is 7. The number of nitrogens with two attached hydrogens (primary N) is 1. The molecule has 7 aromatic carbocycles. The Morgan fingerprint density at radius 3 is 1.86 bits per heavy atom. The number of fused-ring (bicyclic) bond motifs is 1. The van der Waals surface area contributed by atoms with Crippen molar-refractivity contribution >= 4 is 116 Å². The van der Waals surface area contributed by atoms with Gasteiger partial charge in [0.1, 0.15) is 21.6 Å². The number of phenolic OH excluding ortho intramolecular Hbond substituents is 1. The summed E-state index contributed by atoms with van der Waals surface area (Å²) in [5.74, 6) is -1.25. The minimum Gasteiger partial charge on any atom is -0.505 e. The summed E-state index contributed by atoms with van der Waals surface area (Å²) in [6.45, 7) is -0.343. The van der Waals surface area contributed by atoms with Crippen LogP contribution < -0.4 is 42.9 Å². The van der Waals surface area contributed by atoms with E-state index in [1.54, 1.807) is 0 Å². The van der Waals surface area contributed by atoms with Crippen molar-refractivity contribution in [3.63, 3.8) is 0 Å². The van der Waals surface area contributed by atoms with Gasteiger partial charge in [0.25, 0.3) is 25.8 Å². The van der Waals surface area contributed by atoms with Crippen LogP contribution in [0.1, 0.15) is 0 Å². The molecule has 0 aromatic heterocycles. The molecule has 0 aliphatic heterocycles. The second-order valence-corrected chi connectivity index (χ2v) is 21.4. The van der Waals surface area contributed by atoms with Gasteiger partial charge in [0.15, 0.2) is 33.3 Å². The van der Waals surface area contributed by atoms with Crippen molar-refractivity contribution in [1.29, 1.82) is 0 Å². The number of nitrogens with one attached hydrogen (secondary N) is 3. The van der Waals surface area contributed by atoms with E-state index in [9.17, 15) is 54.6 Å². The monoisotopic (exact) mass is 1160 g/mol. The summed E-state index contributed by atoms with van der Waals surface area (Å²) >= 11 is 0.477. The topological polar surface area (TPSA) is 443 Å². The molecule has 0 unspecified atom stereocenters. The highest BCUT2D eigenvalue weighted by atomic mass is 32.2. The molecule has 0 fully saturated rings. The van der Waals surface area contributed by atoms with Gasteiger partial charge in [-0.15, -0.1) is 18.9 Å². The molecule has 7 rings (SSSR count). The first kappa shape index (κ1) is 56.6. The zero-order valence-corrected chi connectivity index (χ0v) is 42.2. The van der Waals surface area contributed by atoms with Gasteiger partial charge in [0, 0.05) is 17.8 Å². The van der Waals surface area contributed by atoms with Crippen molar-refractivity contribution in [2.75, 3.05) is 33.7 Å². The number of aromatic hydroxyl groups is 1. The number of hydrogen-bond donors (Lipinski definition) is 8. The first-order valence-electron chi connectivity index (χ1n) is 20.8. The maximum atomic E-state index is 13.4. The van der Waals surface area contributed by atoms with Crippen LogP contribution in [0.4, 0.5) is 51.2 Å². The van der Waals surface area contributed by atoms with Crippen LogP contribution in [0.5, 0.6) is 5.75 Å². The highest BCUT2D eigenvalue weighted by Gasteiger charge is 2.26. The van der Waals surface area contributed by atoms with E-state index < -0.39 is 84.6 Å². The molecule has 0 atom stereocenters. The lowest BCUT2D eigenvalue weighted by Crippen LogP contribution is -2.47. The Kier molecular flexibility index (Phi) is 18.1. The molecule has 0 amide bonds. The van der Waals surface area contributed by atoms with Crippen molar-refractivity contribution in [1.82, 2.24) is 0 Å². The molecule has 0 bridgehead atoms. The summed E-state index contributed by atoms with van der Waals surface area (Å²) in [5, 5.41) is 69.1. The average molecular weight is 1160 g/mol. The molecule has 0 aliphatic carbocycles. The Morgan fingerprint density at radius 2 is 1.26 bits per heavy atom. The first-order chi connectivity index (χ1) is 36.7. The number of anilines is 4. The number of sulfonamides is 1. The van der Waals surface area contributed by atoms with Crippen molar-refractivity contribution < 1.29 is 73.3 Å². The van der Waals surface area contributed by atoms with E-state index in [0.717, 1.165) is 24.3 Å². The molecule has 9 N–H and O–H groups in total. The fourth-order valence-corrected chi connectivity index (χ4v) is 10.1. The number of sulfone groups is 1.